The summed E-state index contributed by atoms with van der Waals surface area (Å²) < 4.78 is 5.39. The molecule has 1 aromatic rings. The van der Waals surface area contributed by atoms with Crippen LogP contribution in [0.1, 0.15) is 12.5 Å². The Morgan fingerprint density at radius 1 is 1.72 bits per heavy atom. The van der Waals surface area contributed by atoms with E-state index in [1.165, 1.54) is 12.3 Å². The predicted molar refractivity (Wildman–Crippen MR) is 73.3 cm³/mol. The number of hydrogen-bond acceptors (Lipinski definition) is 6. The first kappa shape index (κ1) is 14.8. The lowest BCUT2D eigenvalue weighted by atomic mass is 10.2. The van der Waals surface area contributed by atoms with Gasteiger partial charge in [-0.05, 0) is 35.6 Å². The molecule has 8 heteroatoms. The monoisotopic (exact) mass is 381 g/mol. The molecule has 0 aliphatic rings. The highest BCUT2D eigenvalue weighted by Crippen LogP contribution is 2.25. The lowest BCUT2D eigenvalue weighted by Gasteiger charge is -2.06. The Morgan fingerprint density at radius 2 is 2.39 bits per heavy atom. The van der Waals surface area contributed by atoms with E-state index in [1.807, 2.05) is 22.6 Å². The van der Waals surface area contributed by atoms with E-state index in [4.69, 9.17) is 17.1 Å². The lowest BCUT2D eigenvalue weighted by molar-refractivity contribution is -0.138. The number of nitrogens with zero attached hydrogens (tertiary/aromatic N) is 2. The Labute approximate surface area is 122 Å². The number of aliphatic hydroxyl groups excluding tert-OH is 1. The van der Waals surface area contributed by atoms with Crippen LogP contribution in [0.2, 0.25) is 5.15 Å². The highest BCUT2D eigenvalue weighted by Gasteiger charge is 2.20. The number of aliphatic hydroxyl groups is 1. The van der Waals surface area contributed by atoms with Crippen molar-refractivity contribution in [3.05, 3.63) is 32.2 Å². The molecule has 1 heterocycles. The fourth-order valence-electron chi connectivity index (χ4n) is 1.11. The number of rotatable bonds is 4. The summed E-state index contributed by atoms with van der Waals surface area (Å²) >= 11 is 7.79. The Bertz CT molecular complexity index is 519. The van der Waals surface area contributed by atoms with Gasteiger partial charge in [0.1, 0.15) is 5.15 Å². The highest BCUT2D eigenvalue weighted by atomic mass is 127. The van der Waals surface area contributed by atoms with Crippen molar-refractivity contribution < 1.29 is 14.6 Å². The normalized spacial score (nSPS) is 11.7. The van der Waals surface area contributed by atoms with E-state index >= 15 is 0 Å². The molecule has 0 spiro atoms. The van der Waals surface area contributed by atoms with Gasteiger partial charge in [-0.2, -0.15) is 0 Å². The molecular weight excluding hydrogens is 372 g/mol. The number of carbonyl (C=O) groups excluding carboxylic acids is 1. The molecule has 0 unspecified atom stereocenters. The third-order valence-electron chi connectivity index (χ3n) is 1.87. The number of aromatic nitrogens is 1. The van der Waals surface area contributed by atoms with E-state index in [0.29, 0.717) is 3.57 Å². The van der Waals surface area contributed by atoms with Gasteiger partial charge in [0.2, 0.25) is 5.70 Å². The summed E-state index contributed by atoms with van der Waals surface area (Å²) in [4.78, 5) is 15.3. The van der Waals surface area contributed by atoms with Gasteiger partial charge in [-0.1, -0.05) is 11.6 Å². The number of nitrogens with one attached hydrogen (secondary N) is 1. The molecule has 18 heavy (non-hydrogen) atoms. The Morgan fingerprint density at radius 3 is 2.94 bits per heavy atom. The third-order valence-corrected chi connectivity index (χ3v) is 2.76. The molecule has 1 aromatic heterocycles. The van der Waals surface area contributed by atoms with Crippen LogP contribution in [-0.4, -0.2) is 22.7 Å². The van der Waals surface area contributed by atoms with Crippen molar-refractivity contribution in [3.8, 4) is 0 Å². The van der Waals surface area contributed by atoms with Crippen molar-refractivity contribution in [1.82, 2.24) is 4.98 Å². The van der Waals surface area contributed by atoms with Gasteiger partial charge in [-0.25, -0.2) is 15.3 Å². The number of halogens is 2. The van der Waals surface area contributed by atoms with Crippen molar-refractivity contribution in [2.24, 2.45) is 5.11 Å². The molecular formula is C10H9ClIN3O3. The maximum atomic E-state index is 11.5. The van der Waals surface area contributed by atoms with Crippen molar-refractivity contribution >= 4 is 45.9 Å². The van der Waals surface area contributed by atoms with Crippen molar-refractivity contribution in [2.45, 2.75) is 6.92 Å². The quantitative estimate of drug-likeness (QED) is 0.209. The van der Waals surface area contributed by atoms with Gasteiger partial charge in [0.25, 0.3) is 0 Å². The van der Waals surface area contributed by atoms with Crippen molar-refractivity contribution in [2.75, 3.05) is 6.61 Å². The first-order chi connectivity index (χ1) is 8.51. The van der Waals surface area contributed by atoms with Crippen LogP contribution in [0.3, 0.4) is 0 Å². The topological polar surface area (TPSA) is 95.6 Å². The maximum Gasteiger partial charge on any atom is 0.362 e. The molecule has 6 nitrogen and oxygen atoms in total. The predicted octanol–water partition coefficient (Wildman–Crippen LogP) is 3.16. The van der Waals surface area contributed by atoms with Crippen LogP contribution in [0.15, 0.2) is 23.1 Å². The molecule has 0 saturated carbocycles. The first-order valence-electron chi connectivity index (χ1n) is 4.80. The van der Waals surface area contributed by atoms with Gasteiger partial charge in [0.15, 0.2) is 5.76 Å². The average molecular weight is 382 g/mol. The van der Waals surface area contributed by atoms with Crippen LogP contribution >= 0.6 is 34.2 Å². The average Bonchev–Trinajstić information content (AvgIpc) is 2.33. The van der Waals surface area contributed by atoms with Gasteiger partial charge in [0.05, 0.1) is 12.2 Å². The van der Waals surface area contributed by atoms with Crippen molar-refractivity contribution in [3.63, 3.8) is 0 Å². The first-order valence-corrected chi connectivity index (χ1v) is 6.26. The summed E-state index contributed by atoms with van der Waals surface area (Å²) in [6, 6.07) is 1.52. The molecule has 0 saturated heterocycles. The molecule has 0 amide bonds. The van der Waals surface area contributed by atoms with Gasteiger partial charge < -0.3 is 9.84 Å². The summed E-state index contributed by atoms with van der Waals surface area (Å²) in [5, 5.41) is 12.9. The second-order valence-electron chi connectivity index (χ2n) is 3.02. The summed E-state index contributed by atoms with van der Waals surface area (Å²) in [6.07, 6.45) is 1.50. The van der Waals surface area contributed by atoms with E-state index in [9.17, 15) is 9.90 Å². The van der Waals surface area contributed by atoms with Crippen LogP contribution in [0, 0.1) is 9.10 Å². The minimum absolute atomic E-state index is 0.0124. The SMILES string of the molecule is CCOC(=O)/C(N=N)=C(/O)c1cc(I)cnc1Cl. The molecule has 0 bridgehead atoms. The smallest absolute Gasteiger partial charge is 0.362 e. The van der Waals surface area contributed by atoms with Crippen LogP contribution in [0.5, 0.6) is 0 Å². The molecule has 0 fully saturated rings. The number of carbonyl (C=O) groups is 1. The summed E-state index contributed by atoms with van der Waals surface area (Å²) in [5.74, 6) is -1.42. The van der Waals surface area contributed by atoms with Crippen LogP contribution < -0.4 is 0 Å². The maximum absolute atomic E-state index is 11.5. The molecule has 0 aromatic carbocycles. The van der Waals surface area contributed by atoms with E-state index in [0.717, 1.165) is 0 Å². The highest BCUT2D eigenvalue weighted by molar-refractivity contribution is 14.1. The number of hydrogen-bond donors (Lipinski definition) is 2. The molecule has 2 N–H and O–H groups in total. The molecule has 96 valence electrons. The zero-order chi connectivity index (χ0) is 13.7. The second kappa shape index (κ2) is 6.64. The van der Waals surface area contributed by atoms with E-state index in [1.54, 1.807) is 6.92 Å². The summed E-state index contributed by atoms with van der Waals surface area (Å²) in [7, 11) is 0. The van der Waals surface area contributed by atoms with E-state index < -0.39 is 17.4 Å². The molecule has 0 radical (unpaired) electrons. The third kappa shape index (κ3) is 3.39. The van der Waals surface area contributed by atoms with Gasteiger partial charge in [0, 0.05) is 9.77 Å². The number of pyridine rings is 1. The minimum atomic E-state index is -0.889. The summed E-state index contributed by atoms with van der Waals surface area (Å²) in [6.45, 7) is 1.72. The van der Waals surface area contributed by atoms with E-state index in [-0.39, 0.29) is 17.3 Å². The second-order valence-corrected chi connectivity index (χ2v) is 4.63. The fourth-order valence-corrected chi connectivity index (χ4v) is 1.75. The van der Waals surface area contributed by atoms with Gasteiger partial charge in [-0.15, -0.1) is 5.11 Å². The Balaban J connectivity index is 3.30. The minimum Gasteiger partial charge on any atom is -0.505 e. The standard InChI is InChI=1S/C10H9ClIN3O3/c1-2-18-10(17)7(15-13)8(16)6-3-5(12)4-14-9(6)11/h3-4,13,16H,2H2,1H3/b8-7-,15-13?. The van der Waals surface area contributed by atoms with Crippen molar-refractivity contribution in [1.29, 1.82) is 5.53 Å². The zero-order valence-corrected chi connectivity index (χ0v) is 12.2. The molecule has 1 rings (SSSR count). The molecule has 0 atom stereocenters. The van der Waals surface area contributed by atoms with Gasteiger partial charge >= 0.3 is 5.97 Å². The van der Waals surface area contributed by atoms with Crippen LogP contribution in [0.25, 0.3) is 5.76 Å². The van der Waals surface area contributed by atoms with Gasteiger partial charge in [-0.3, -0.25) is 0 Å². The zero-order valence-electron chi connectivity index (χ0n) is 9.28. The Kier molecular flexibility index (Phi) is 5.48. The molecule has 0 aliphatic heterocycles. The number of esters is 1. The lowest BCUT2D eigenvalue weighted by Crippen LogP contribution is -2.08. The van der Waals surface area contributed by atoms with Crippen LogP contribution in [0.4, 0.5) is 0 Å². The fraction of sp³-hybridized carbons (Fsp3) is 0.200. The number of ether oxygens (including phenoxy) is 1. The Hall–Kier alpha value is -1.22. The molecule has 0 aliphatic carbocycles. The summed E-state index contributed by atoms with van der Waals surface area (Å²) in [5.41, 5.74) is 6.53. The largest absolute Gasteiger partial charge is 0.505 e. The van der Waals surface area contributed by atoms with E-state index in [2.05, 4.69) is 14.8 Å². The van der Waals surface area contributed by atoms with Crippen LogP contribution in [-0.2, 0) is 9.53 Å².